The number of hydrogen-bond acceptors (Lipinski definition) is 4. The number of esters is 1. The number of hydrogen-bond donors (Lipinski definition) is 0. The van der Waals surface area contributed by atoms with Crippen LogP contribution in [0.1, 0.15) is 36.8 Å². The monoisotopic (exact) mass is 264 g/mol. The van der Waals surface area contributed by atoms with E-state index in [2.05, 4.69) is 6.92 Å². The van der Waals surface area contributed by atoms with Gasteiger partial charge >= 0.3 is 5.97 Å². The Hall–Kier alpha value is -1.71. The minimum Gasteiger partial charge on any atom is -0.496 e. The van der Waals surface area contributed by atoms with Crippen LogP contribution in [0.5, 0.6) is 11.5 Å². The fourth-order valence-corrected chi connectivity index (χ4v) is 2.45. The van der Waals surface area contributed by atoms with Crippen molar-refractivity contribution in [2.75, 3.05) is 14.2 Å². The normalized spacial score (nSPS) is 21.9. The lowest BCUT2D eigenvalue weighted by molar-refractivity contribution is -0.149. The summed E-state index contributed by atoms with van der Waals surface area (Å²) in [7, 11) is 3.05. The number of fused-ring (bicyclic) bond motifs is 1. The van der Waals surface area contributed by atoms with Gasteiger partial charge in [-0.1, -0.05) is 6.92 Å². The highest BCUT2D eigenvalue weighted by Crippen LogP contribution is 2.38. The highest BCUT2D eigenvalue weighted by atomic mass is 16.6. The van der Waals surface area contributed by atoms with Crippen LogP contribution in [0, 0.1) is 6.92 Å². The third kappa shape index (κ3) is 2.67. The maximum atomic E-state index is 11.7. The Balaban J connectivity index is 2.39. The fourth-order valence-electron chi connectivity index (χ4n) is 2.45. The lowest BCUT2D eigenvalue weighted by atomic mass is 9.94. The van der Waals surface area contributed by atoms with E-state index in [4.69, 9.17) is 14.2 Å². The molecule has 104 valence electrons. The lowest BCUT2D eigenvalue weighted by Crippen LogP contribution is -2.27. The maximum Gasteiger partial charge on any atom is 0.347 e. The van der Waals surface area contributed by atoms with Crippen molar-refractivity contribution in [2.45, 2.75) is 38.7 Å². The molecule has 0 spiro atoms. The highest BCUT2D eigenvalue weighted by Gasteiger charge is 2.28. The number of methoxy groups -OCH3 is 2. The number of ether oxygens (including phenoxy) is 3. The molecular formula is C15H20O4. The van der Waals surface area contributed by atoms with Gasteiger partial charge in [0, 0.05) is 5.56 Å². The summed E-state index contributed by atoms with van der Waals surface area (Å²) in [6.45, 7) is 4.10. The second-order valence-corrected chi connectivity index (χ2v) is 4.97. The topological polar surface area (TPSA) is 44.8 Å². The van der Waals surface area contributed by atoms with Gasteiger partial charge in [0.25, 0.3) is 0 Å². The van der Waals surface area contributed by atoms with Crippen molar-refractivity contribution in [3.63, 3.8) is 0 Å². The van der Waals surface area contributed by atoms with E-state index in [1.54, 1.807) is 7.11 Å². The molecule has 0 bridgehead atoms. The first-order chi connectivity index (χ1) is 9.06. The standard InChI is InChI=1S/C15H20O4/c1-9-5-6-12(15(16)18-4)19-14-7-10(2)13(17-3)8-11(9)14/h7-9,12H,5-6H2,1-4H3/t9-,12-/m0/s1. The summed E-state index contributed by atoms with van der Waals surface area (Å²) < 4.78 is 16.0. The largest absolute Gasteiger partial charge is 0.496 e. The summed E-state index contributed by atoms with van der Waals surface area (Å²) >= 11 is 0. The molecule has 2 rings (SSSR count). The van der Waals surface area contributed by atoms with Crippen molar-refractivity contribution in [2.24, 2.45) is 0 Å². The van der Waals surface area contributed by atoms with Crippen molar-refractivity contribution in [3.05, 3.63) is 23.3 Å². The average molecular weight is 264 g/mol. The van der Waals surface area contributed by atoms with Crippen LogP contribution >= 0.6 is 0 Å². The van der Waals surface area contributed by atoms with E-state index in [-0.39, 0.29) is 5.97 Å². The van der Waals surface area contributed by atoms with E-state index in [0.29, 0.717) is 12.3 Å². The van der Waals surface area contributed by atoms with Crippen LogP contribution in [0.25, 0.3) is 0 Å². The molecule has 1 heterocycles. The van der Waals surface area contributed by atoms with E-state index in [0.717, 1.165) is 29.0 Å². The smallest absolute Gasteiger partial charge is 0.347 e. The van der Waals surface area contributed by atoms with Gasteiger partial charge in [0.15, 0.2) is 6.10 Å². The van der Waals surface area contributed by atoms with Gasteiger partial charge in [-0.05, 0) is 43.4 Å². The molecule has 2 atom stereocenters. The number of carbonyl (C=O) groups is 1. The molecule has 19 heavy (non-hydrogen) atoms. The Bertz CT molecular complexity index is 481. The Morgan fingerprint density at radius 3 is 2.68 bits per heavy atom. The summed E-state index contributed by atoms with van der Waals surface area (Å²) in [5, 5.41) is 0. The van der Waals surface area contributed by atoms with E-state index < -0.39 is 6.10 Å². The van der Waals surface area contributed by atoms with Crippen molar-refractivity contribution in [1.29, 1.82) is 0 Å². The van der Waals surface area contributed by atoms with Gasteiger partial charge in [0.2, 0.25) is 0 Å². The molecule has 0 fully saturated rings. The van der Waals surface area contributed by atoms with Gasteiger partial charge < -0.3 is 14.2 Å². The van der Waals surface area contributed by atoms with Gasteiger partial charge in [-0.15, -0.1) is 0 Å². The summed E-state index contributed by atoms with van der Waals surface area (Å²) in [5.74, 6) is 1.64. The first kappa shape index (κ1) is 13.7. The predicted octanol–water partition coefficient (Wildman–Crippen LogP) is 2.82. The van der Waals surface area contributed by atoms with Crippen molar-refractivity contribution in [1.82, 2.24) is 0 Å². The highest BCUT2D eigenvalue weighted by molar-refractivity contribution is 5.75. The average Bonchev–Trinajstić information content (AvgIpc) is 2.56. The summed E-state index contributed by atoms with van der Waals surface area (Å²) in [4.78, 5) is 11.7. The van der Waals surface area contributed by atoms with Crippen LogP contribution in [-0.2, 0) is 9.53 Å². The molecule has 0 amide bonds. The molecule has 0 unspecified atom stereocenters. The molecule has 4 heteroatoms. The quantitative estimate of drug-likeness (QED) is 0.770. The van der Waals surface area contributed by atoms with Crippen molar-refractivity contribution >= 4 is 5.97 Å². The third-order valence-corrected chi connectivity index (χ3v) is 3.65. The molecule has 1 aromatic rings. The fraction of sp³-hybridized carbons (Fsp3) is 0.533. The molecule has 0 saturated heterocycles. The minimum atomic E-state index is -0.513. The number of rotatable bonds is 2. The minimum absolute atomic E-state index is 0.312. The summed E-state index contributed by atoms with van der Waals surface area (Å²) in [6, 6.07) is 3.95. The van der Waals surface area contributed by atoms with E-state index >= 15 is 0 Å². The van der Waals surface area contributed by atoms with Crippen LogP contribution < -0.4 is 9.47 Å². The van der Waals surface area contributed by atoms with Gasteiger partial charge in [-0.2, -0.15) is 0 Å². The van der Waals surface area contributed by atoms with Crippen LogP contribution in [0.4, 0.5) is 0 Å². The molecule has 1 aliphatic heterocycles. The molecule has 0 N–H and O–H groups in total. The summed E-state index contributed by atoms with van der Waals surface area (Å²) in [6.07, 6.45) is 1.05. The SMILES string of the molecule is COC(=O)[C@@H]1CC[C@H](C)c2cc(OC)c(C)cc2O1. The van der Waals surface area contributed by atoms with E-state index in [1.807, 2.05) is 19.1 Å². The zero-order chi connectivity index (χ0) is 14.0. The van der Waals surface area contributed by atoms with Crippen LogP contribution in [-0.4, -0.2) is 26.3 Å². The second kappa shape index (κ2) is 5.51. The van der Waals surface area contributed by atoms with Crippen molar-refractivity contribution < 1.29 is 19.0 Å². The molecule has 4 nitrogen and oxygen atoms in total. The van der Waals surface area contributed by atoms with Crippen LogP contribution in [0.2, 0.25) is 0 Å². The molecule has 0 radical (unpaired) electrons. The molecule has 0 saturated carbocycles. The molecular weight excluding hydrogens is 244 g/mol. The Labute approximate surface area is 113 Å². The zero-order valence-corrected chi connectivity index (χ0v) is 11.9. The number of carbonyl (C=O) groups excluding carboxylic acids is 1. The van der Waals surface area contributed by atoms with Gasteiger partial charge in [-0.25, -0.2) is 4.79 Å². The zero-order valence-electron chi connectivity index (χ0n) is 11.9. The van der Waals surface area contributed by atoms with Gasteiger partial charge in [0.05, 0.1) is 14.2 Å². The van der Waals surface area contributed by atoms with Crippen LogP contribution in [0.15, 0.2) is 12.1 Å². The van der Waals surface area contributed by atoms with E-state index in [1.165, 1.54) is 7.11 Å². The predicted molar refractivity (Wildman–Crippen MR) is 71.8 cm³/mol. The Morgan fingerprint density at radius 2 is 2.05 bits per heavy atom. The number of aryl methyl sites for hydroxylation is 1. The molecule has 0 aliphatic carbocycles. The van der Waals surface area contributed by atoms with Crippen molar-refractivity contribution in [3.8, 4) is 11.5 Å². The molecule has 1 aromatic carbocycles. The van der Waals surface area contributed by atoms with Gasteiger partial charge in [0.1, 0.15) is 11.5 Å². The Morgan fingerprint density at radius 1 is 1.32 bits per heavy atom. The molecule has 1 aliphatic rings. The van der Waals surface area contributed by atoms with Crippen LogP contribution in [0.3, 0.4) is 0 Å². The first-order valence-electron chi connectivity index (χ1n) is 6.49. The first-order valence-corrected chi connectivity index (χ1v) is 6.49. The molecule has 0 aromatic heterocycles. The van der Waals surface area contributed by atoms with E-state index in [9.17, 15) is 4.79 Å². The second-order valence-electron chi connectivity index (χ2n) is 4.97. The number of benzene rings is 1. The van der Waals surface area contributed by atoms with Gasteiger partial charge in [-0.3, -0.25) is 0 Å². The third-order valence-electron chi connectivity index (χ3n) is 3.65. The summed E-state index contributed by atoms with van der Waals surface area (Å²) in [5.41, 5.74) is 2.09. The lowest BCUT2D eigenvalue weighted by Gasteiger charge is -2.17. The Kier molecular flexibility index (Phi) is 3.98. The maximum absolute atomic E-state index is 11.7.